The first-order valence-electron chi connectivity index (χ1n) is 14.9. The van der Waals surface area contributed by atoms with Crippen molar-refractivity contribution in [2.24, 2.45) is 0 Å². The van der Waals surface area contributed by atoms with Crippen molar-refractivity contribution in [1.29, 1.82) is 0 Å². The minimum absolute atomic E-state index is 0.0372. The molecule has 7 heteroatoms. The van der Waals surface area contributed by atoms with Gasteiger partial charge in [-0.1, -0.05) is 36.4 Å². The Hall–Kier alpha value is -4.62. The third-order valence-corrected chi connectivity index (χ3v) is 8.37. The molecule has 0 saturated carbocycles. The van der Waals surface area contributed by atoms with Gasteiger partial charge in [-0.25, -0.2) is 0 Å². The van der Waals surface area contributed by atoms with Crippen LogP contribution in [-0.2, 0) is 17.6 Å². The Kier molecular flexibility index (Phi) is 7.10. The number of carbonyl (C=O) groups is 2. The molecule has 0 radical (unpaired) electrons. The zero-order valence-electron chi connectivity index (χ0n) is 23.5. The van der Waals surface area contributed by atoms with Gasteiger partial charge in [0.25, 0.3) is 0 Å². The molecule has 2 aliphatic carbocycles. The molecule has 0 bridgehead atoms. The average molecular weight is 556 g/mol. The summed E-state index contributed by atoms with van der Waals surface area (Å²) in [4.78, 5) is 35.4. The normalized spacial score (nSPS) is 13.3. The summed E-state index contributed by atoms with van der Waals surface area (Å²) >= 11 is 0. The molecule has 3 aromatic carbocycles. The van der Waals surface area contributed by atoms with E-state index in [-0.39, 0.29) is 11.7 Å². The van der Waals surface area contributed by atoms with Crippen molar-refractivity contribution < 1.29 is 9.59 Å². The second-order valence-corrected chi connectivity index (χ2v) is 11.1. The number of aromatic nitrogens is 2. The summed E-state index contributed by atoms with van der Waals surface area (Å²) in [7, 11) is 0. The van der Waals surface area contributed by atoms with Gasteiger partial charge in [-0.15, -0.1) is 0 Å². The number of nitrogens with zero attached hydrogens (tertiary/aromatic N) is 2. The number of aryl methyl sites for hydroxylation is 1. The van der Waals surface area contributed by atoms with Gasteiger partial charge in [0.2, 0.25) is 5.91 Å². The highest BCUT2D eigenvalue weighted by Crippen LogP contribution is 2.39. The van der Waals surface area contributed by atoms with Crippen molar-refractivity contribution in [3.63, 3.8) is 0 Å². The molecule has 2 heterocycles. The van der Waals surface area contributed by atoms with Gasteiger partial charge in [0.05, 0.1) is 11.2 Å². The second kappa shape index (κ2) is 11.3. The van der Waals surface area contributed by atoms with Crippen LogP contribution in [0, 0.1) is 0 Å². The van der Waals surface area contributed by atoms with E-state index in [1.165, 1.54) is 28.8 Å². The zero-order chi connectivity index (χ0) is 28.5. The third-order valence-electron chi connectivity index (χ3n) is 8.37. The van der Waals surface area contributed by atoms with E-state index in [1.807, 2.05) is 36.4 Å². The molecule has 5 aromatic rings. The first-order valence-corrected chi connectivity index (χ1v) is 14.9. The number of rotatable bonds is 10. The lowest BCUT2D eigenvalue weighted by Crippen LogP contribution is -2.23. The number of fused-ring (bicyclic) bond motifs is 4. The summed E-state index contributed by atoms with van der Waals surface area (Å²) < 4.78 is 0. The highest BCUT2D eigenvalue weighted by molar-refractivity contribution is 6.25. The number of hydrogen-bond acceptors (Lipinski definition) is 6. The van der Waals surface area contributed by atoms with Gasteiger partial charge in [-0.05, 0) is 79.9 Å². The molecule has 3 N–H and O–H groups in total. The van der Waals surface area contributed by atoms with Gasteiger partial charge in [0.1, 0.15) is 0 Å². The smallest absolute Gasteiger partial charge is 0.225 e. The number of pyridine rings is 2. The minimum atomic E-state index is -0.0774. The number of unbranched alkanes of at least 4 members (excludes halogenated alkanes) is 1. The van der Waals surface area contributed by atoms with E-state index in [4.69, 9.17) is 4.98 Å². The maximum atomic E-state index is 13.3. The fraction of sp³-hybridized carbons (Fsp3) is 0.257. The summed E-state index contributed by atoms with van der Waals surface area (Å²) in [6.07, 6.45) is 7.55. The van der Waals surface area contributed by atoms with Crippen LogP contribution in [0.15, 0.2) is 72.9 Å². The van der Waals surface area contributed by atoms with Gasteiger partial charge >= 0.3 is 0 Å². The fourth-order valence-corrected chi connectivity index (χ4v) is 6.34. The quantitative estimate of drug-likeness (QED) is 0.172. The number of anilines is 2. The summed E-state index contributed by atoms with van der Waals surface area (Å²) in [6, 6.07) is 21.6. The number of benzene rings is 3. The maximum absolute atomic E-state index is 13.3. The molecular weight excluding hydrogens is 522 g/mol. The molecule has 7 nitrogen and oxygen atoms in total. The van der Waals surface area contributed by atoms with Crippen LogP contribution in [0.1, 0.15) is 52.9 Å². The van der Waals surface area contributed by atoms with Crippen LogP contribution in [0.5, 0.6) is 0 Å². The molecule has 0 spiro atoms. The highest BCUT2D eigenvalue weighted by atomic mass is 16.1. The Bertz CT molecular complexity index is 1840. The minimum Gasteiger partial charge on any atom is -0.384 e. The lowest BCUT2D eigenvalue weighted by atomic mass is 9.85. The number of carbonyl (C=O) groups excluding carboxylic acids is 2. The van der Waals surface area contributed by atoms with Crippen molar-refractivity contribution in [1.82, 2.24) is 15.3 Å². The van der Waals surface area contributed by atoms with E-state index in [1.54, 1.807) is 12.3 Å². The van der Waals surface area contributed by atoms with Crippen molar-refractivity contribution in [2.45, 2.75) is 38.5 Å². The Morgan fingerprint density at radius 2 is 1.76 bits per heavy atom. The van der Waals surface area contributed by atoms with Crippen LogP contribution in [0.25, 0.3) is 32.9 Å². The van der Waals surface area contributed by atoms with Crippen LogP contribution in [0.4, 0.5) is 11.4 Å². The molecule has 210 valence electrons. The van der Waals surface area contributed by atoms with Crippen molar-refractivity contribution in [2.75, 3.05) is 30.3 Å². The molecule has 2 aromatic heterocycles. The number of para-hydroxylation sites is 1. The van der Waals surface area contributed by atoms with E-state index in [9.17, 15) is 9.59 Å². The van der Waals surface area contributed by atoms with Crippen molar-refractivity contribution in [3.05, 3.63) is 95.3 Å². The van der Waals surface area contributed by atoms with Crippen LogP contribution in [0.3, 0.4) is 0 Å². The lowest BCUT2D eigenvalue weighted by molar-refractivity contribution is -0.116. The topological polar surface area (TPSA) is 96.0 Å². The standard InChI is InChI=1S/C35H33N5O2/c41-31(39-23-13-14-24-28(21-23)35(42)27-10-5-7-22-15-20-38-34(24)32(22)27)16-19-36-17-3-4-18-37-33-25-8-1-2-11-29(25)40-30-12-6-9-26(30)33/h1-2,5,7-8,10-11,13-15,20-21,36H,3-4,6,9,12,16-19H2,(H,37,40)(H,39,41). The van der Waals surface area contributed by atoms with E-state index in [2.05, 4.69) is 45.2 Å². The fourth-order valence-electron chi connectivity index (χ4n) is 6.34. The van der Waals surface area contributed by atoms with E-state index in [0.717, 1.165) is 66.3 Å². The molecule has 0 unspecified atom stereocenters. The average Bonchev–Trinajstić information content (AvgIpc) is 3.49. The van der Waals surface area contributed by atoms with E-state index in [0.29, 0.717) is 29.8 Å². The largest absolute Gasteiger partial charge is 0.384 e. The van der Waals surface area contributed by atoms with Crippen molar-refractivity contribution in [3.8, 4) is 11.3 Å². The Balaban J connectivity index is 0.878. The molecule has 1 amide bonds. The first-order chi connectivity index (χ1) is 20.7. The number of amides is 1. The molecule has 2 aliphatic rings. The molecule has 0 aliphatic heterocycles. The Morgan fingerprint density at radius 3 is 2.71 bits per heavy atom. The van der Waals surface area contributed by atoms with Gasteiger partial charge in [-0.2, -0.15) is 0 Å². The molecular formula is C35H33N5O2. The summed E-state index contributed by atoms with van der Waals surface area (Å²) in [5.74, 6) is -0.115. The molecule has 0 fully saturated rings. The number of nitrogens with one attached hydrogen (secondary N) is 3. The first kappa shape index (κ1) is 26.3. The maximum Gasteiger partial charge on any atom is 0.225 e. The number of ketones is 1. The lowest BCUT2D eigenvalue weighted by Gasteiger charge is -2.19. The van der Waals surface area contributed by atoms with Crippen LogP contribution < -0.4 is 16.0 Å². The highest BCUT2D eigenvalue weighted by Gasteiger charge is 2.26. The molecule has 42 heavy (non-hydrogen) atoms. The van der Waals surface area contributed by atoms with E-state index < -0.39 is 0 Å². The molecule has 0 saturated heterocycles. The summed E-state index contributed by atoms with van der Waals surface area (Å²) in [6.45, 7) is 2.37. The SMILES string of the molecule is O=C(CCNCCCCNc1c2c(nc3ccccc13)CCC2)Nc1ccc2c(c1)C(=O)c1cccc3ccnc-2c13. The second-order valence-electron chi connectivity index (χ2n) is 11.1. The summed E-state index contributed by atoms with van der Waals surface area (Å²) in [5.41, 5.74) is 8.44. The van der Waals surface area contributed by atoms with Gasteiger partial charge in [-0.3, -0.25) is 19.6 Å². The predicted molar refractivity (Wildman–Crippen MR) is 168 cm³/mol. The summed E-state index contributed by atoms with van der Waals surface area (Å²) in [5, 5.41) is 13.2. The molecule has 7 rings (SSSR count). The third kappa shape index (κ3) is 4.90. The zero-order valence-corrected chi connectivity index (χ0v) is 23.5. The van der Waals surface area contributed by atoms with Crippen LogP contribution >= 0.6 is 0 Å². The van der Waals surface area contributed by atoms with Crippen LogP contribution in [0.2, 0.25) is 0 Å². The van der Waals surface area contributed by atoms with Crippen molar-refractivity contribution >= 4 is 44.7 Å². The van der Waals surface area contributed by atoms with Gasteiger partial charge in [0, 0.05) is 70.2 Å². The Morgan fingerprint density at radius 1 is 0.857 bits per heavy atom. The Labute approximate surface area is 244 Å². The van der Waals surface area contributed by atoms with Gasteiger partial charge in [0.15, 0.2) is 5.78 Å². The van der Waals surface area contributed by atoms with Crippen LogP contribution in [-0.4, -0.2) is 41.3 Å². The van der Waals surface area contributed by atoms with Gasteiger partial charge < -0.3 is 16.0 Å². The predicted octanol–water partition coefficient (Wildman–Crippen LogP) is 6.29. The molecule has 0 atom stereocenters. The van der Waals surface area contributed by atoms with E-state index >= 15 is 0 Å². The monoisotopic (exact) mass is 555 g/mol. The number of hydrogen-bond donors (Lipinski definition) is 3.